The van der Waals surface area contributed by atoms with Crippen LogP contribution in [0.2, 0.25) is 0 Å². The van der Waals surface area contributed by atoms with E-state index in [1.807, 2.05) is 37.3 Å². The molecule has 0 aromatic heterocycles. The summed E-state index contributed by atoms with van der Waals surface area (Å²) in [4.78, 5) is 23.3. The van der Waals surface area contributed by atoms with Gasteiger partial charge < -0.3 is 4.74 Å². The summed E-state index contributed by atoms with van der Waals surface area (Å²) >= 11 is 6.08. The van der Waals surface area contributed by atoms with Crippen LogP contribution in [0.25, 0.3) is 0 Å². The van der Waals surface area contributed by atoms with Crippen LogP contribution in [0.15, 0.2) is 41.6 Å². The average molecular weight is 296 g/mol. The van der Waals surface area contributed by atoms with Gasteiger partial charge in [0.2, 0.25) is 5.16 Å². The van der Waals surface area contributed by atoms with Gasteiger partial charge in [-0.3, -0.25) is 4.79 Å². The van der Waals surface area contributed by atoms with E-state index in [1.54, 1.807) is 0 Å². The van der Waals surface area contributed by atoms with Crippen LogP contribution in [-0.4, -0.2) is 29.7 Å². The van der Waals surface area contributed by atoms with Gasteiger partial charge in [-0.05, 0) is 24.1 Å². The molecule has 0 saturated heterocycles. The Balaban J connectivity index is 2.06. The highest BCUT2D eigenvalue weighted by molar-refractivity contribution is 6.31. The SMILES string of the molecule is CC[N+]1(COCc2ccccc2)C(=O)NC(=O)C=C1Cl. The van der Waals surface area contributed by atoms with E-state index >= 15 is 0 Å². The number of hydrogen-bond donors (Lipinski definition) is 1. The minimum absolute atomic E-state index is 0.0832. The fourth-order valence-corrected chi connectivity index (χ4v) is 2.32. The zero-order valence-corrected chi connectivity index (χ0v) is 11.9. The first-order valence-electron chi connectivity index (χ1n) is 6.30. The first kappa shape index (κ1) is 14.7. The fourth-order valence-electron chi connectivity index (χ4n) is 1.98. The number of benzene rings is 1. The highest BCUT2D eigenvalue weighted by atomic mass is 35.5. The molecule has 1 aromatic rings. The van der Waals surface area contributed by atoms with Gasteiger partial charge in [0, 0.05) is 0 Å². The van der Waals surface area contributed by atoms with Crippen LogP contribution < -0.4 is 5.32 Å². The molecule has 3 amide bonds. The van der Waals surface area contributed by atoms with E-state index in [0.29, 0.717) is 13.2 Å². The van der Waals surface area contributed by atoms with E-state index in [1.165, 1.54) is 6.08 Å². The van der Waals surface area contributed by atoms with Crippen molar-refractivity contribution in [1.29, 1.82) is 0 Å². The van der Waals surface area contributed by atoms with Crippen molar-refractivity contribution < 1.29 is 18.8 Å². The lowest BCUT2D eigenvalue weighted by Gasteiger charge is -2.34. The molecule has 0 spiro atoms. The van der Waals surface area contributed by atoms with Gasteiger partial charge in [-0.2, -0.15) is 4.48 Å². The number of nitrogens with zero attached hydrogens (tertiary/aromatic N) is 1. The van der Waals surface area contributed by atoms with Crippen LogP contribution in [0.4, 0.5) is 4.79 Å². The van der Waals surface area contributed by atoms with Crippen molar-refractivity contribution in [3.05, 3.63) is 47.1 Å². The van der Waals surface area contributed by atoms with Gasteiger partial charge >= 0.3 is 6.03 Å². The molecule has 0 aliphatic carbocycles. The normalized spacial score (nSPS) is 22.4. The Bertz CT molecular complexity index is 545. The van der Waals surface area contributed by atoms with Crippen molar-refractivity contribution in [2.24, 2.45) is 0 Å². The molecule has 0 saturated carbocycles. The summed E-state index contributed by atoms with van der Waals surface area (Å²) in [6.07, 6.45) is 1.22. The minimum atomic E-state index is -0.495. The van der Waals surface area contributed by atoms with Crippen LogP contribution in [-0.2, 0) is 16.1 Å². The van der Waals surface area contributed by atoms with E-state index < -0.39 is 11.9 Å². The number of urea groups is 1. The van der Waals surface area contributed by atoms with Crippen molar-refractivity contribution in [3.63, 3.8) is 0 Å². The van der Waals surface area contributed by atoms with Gasteiger partial charge in [0.1, 0.15) is 0 Å². The number of ether oxygens (including phenoxy) is 1. The van der Waals surface area contributed by atoms with Crippen molar-refractivity contribution in [2.45, 2.75) is 13.5 Å². The largest absolute Gasteiger partial charge is 0.431 e. The van der Waals surface area contributed by atoms with Crippen molar-refractivity contribution in [1.82, 2.24) is 5.32 Å². The monoisotopic (exact) mass is 295 g/mol. The Labute approximate surface area is 122 Å². The second-order valence-electron chi connectivity index (χ2n) is 4.51. The standard InChI is InChI=1S/C14H15ClN2O3/c1-2-17(12(15)8-13(18)16-14(17)19)10-20-9-11-6-4-3-5-7-11/h3-8H,2,9-10H2,1H3/p+1. The maximum atomic E-state index is 12.0. The van der Waals surface area contributed by atoms with Crippen molar-refractivity contribution in [3.8, 4) is 0 Å². The predicted molar refractivity (Wildman–Crippen MR) is 74.4 cm³/mol. The summed E-state index contributed by atoms with van der Waals surface area (Å²) in [5.41, 5.74) is 1.01. The van der Waals surface area contributed by atoms with Gasteiger partial charge in [-0.15, -0.1) is 0 Å². The number of carbonyl (C=O) groups is 2. The molecule has 5 nitrogen and oxygen atoms in total. The van der Waals surface area contributed by atoms with E-state index in [-0.39, 0.29) is 16.4 Å². The third kappa shape index (κ3) is 2.90. The maximum absolute atomic E-state index is 12.0. The fraction of sp³-hybridized carbons (Fsp3) is 0.286. The van der Waals surface area contributed by atoms with Crippen LogP contribution in [0.5, 0.6) is 0 Å². The number of quaternary nitrogens is 1. The molecular formula is C14H16ClN2O3+. The molecule has 20 heavy (non-hydrogen) atoms. The van der Waals surface area contributed by atoms with Crippen LogP contribution in [0, 0.1) is 0 Å². The highest BCUT2D eigenvalue weighted by Gasteiger charge is 2.44. The Hall–Kier alpha value is -1.69. The lowest BCUT2D eigenvalue weighted by molar-refractivity contribution is -0.827. The topological polar surface area (TPSA) is 55.4 Å². The van der Waals surface area contributed by atoms with Crippen molar-refractivity contribution in [2.75, 3.05) is 13.3 Å². The number of nitrogens with one attached hydrogen (secondary N) is 1. The summed E-state index contributed by atoms with van der Waals surface area (Å²) in [7, 11) is 0. The molecule has 106 valence electrons. The molecule has 1 heterocycles. The van der Waals surface area contributed by atoms with Crippen molar-refractivity contribution >= 4 is 23.5 Å². The van der Waals surface area contributed by atoms with Gasteiger partial charge in [0.25, 0.3) is 5.91 Å². The predicted octanol–water partition coefficient (Wildman–Crippen LogP) is 2.33. The zero-order valence-electron chi connectivity index (χ0n) is 11.1. The number of carbonyl (C=O) groups excluding carboxylic acids is 2. The molecule has 0 bridgehead atoms. The molecule has 6 heteroatoms. The highest BCUT2D eigenvalue weighted by Crippen LogP contribution is 2.25. The molecular weight excluding hydrogens is 280 g/mol. The lowest BCUT2D eigenvalue weighted by Crippen LogP contribution is -2.60. The summed E-state index contributed by atoms with van der Waals surface area (Å²) in [6.45, 7) is 2.69. The van der Waals surface area contributed by atoms with Gasteiger partial charge in [-0.25, -0.2) is 10.1 Å². The van der Waals surface area contributed by atoms with E-state index in [9.17, 15) is 9.59 Å². The Kier molecular flexibility index (Phi) is 4.54. The molecule has 1 aliphatic rings. The van der Waals surface area contributed by atoms with Gasteiger partial charge in [0.15, 0.2) is 6.73 Å². The molecule has 1 aliphatic heterocycles. The third-order valence-electron chi connectivity index (χ3n) is 3.24. The first-order chi connectivity index (χ1) is 9.58. The average Bonchev–Trinajstić information content (AvgIpc) is 2.43. The second-order valence-corrected chi connectivity index (χ2v) is 4.90. The summed E-state index contributed by atoms with van der Waals surface area (Å²) in [6, 6.07) is 9.18. The number of imide groups is 1. The minimum Gasteiger partial charge on any atom is -0.326 e. The third-order valence-corrected chi connectivity index (χ3v) is 3.67. The van der Waals surface area contributed by atoms with Crippen LogP contribution in [0.1, 0.15) is 12.5 Å². The molecule has 0 fully saturated rings. The summed E-state index contributed by atoms with van der Waals surface area (Å²) in [5, 5.41) is 2.43. The number of rotatable bonds is 5. The molecule has 1 aromatic carbocycles. The first-order valence-corrected chi connectivity index (χ1v) is 6.68. The second kappa shape index (κ2) is 6.17. The quantitative estimate of drug-likeness (QED) is 0.670. The van der Waals surface area contributed by atoms with Crippen LogP contribution in [0.3, 0.4) is 0 Å². The maximum Gasteiger partial charge on any atom is 0.431 e. The molecule has 1 N–H and O–H groups in total. The number of halogens is 1. The zero-order chi connectivity index (χ0) is 14.6. The summed E-state index contributed by atoms with van der Waals surface area (Å²) in [5.74, 6) is -0.495. The van der Waals surface area contributed by atoms with E-state index in [0.717, 1.165) is 5.56 Å². The van der Waals surface area contributed by atoms with Gasteiger partial charge in [0.05, 0.1) is 19.2 Å². The van der Waals surface area contributed by atoms with E-state index in [2.05, 4.69) is 5.32 Å². The number of amides is 3. The van der Waals surface area contributed by atoms with Gasteiger partial charge in [-0.1, -0.05) is 30.3 Å². The summed E-state index contributed by atoms with van der Waals surface area (Å²) < 4.78 is 5.38. The smallest absolute Gasteiger partial charge is 0.326 e. The lowest BCUT2D eigenvalue weighted by atomic mass is 10.2. The Morgan fingerprint density at radius 1 is 1.25 bits per heavy atom. The Morgan fingerprint density at radius 2 is 1.95 bits per heavy atom. The number of hydrogen-bond acceptors (Lipinski definition) is 3. The van der Waals surface area contributed by atoms with E-state index in [4.69, 9.17) is 16.3 Å². The molecule has 1 atom stereocenters. The molecule has 0 radical (unpaired) electrons. The Morgan fingerprint density at radius 3 is 2.55 bits per heavy atom. The molecule has 2 rings (SSSR count). The molecule has 1 unspecified atom stereocenters. The van der Waals surface area contributed by atoms with Crippen LogP contribution >= 0.6 is 11.6 Å².